The quantitative estimate of drug-likeness (QED) is 0.322. The maximum Gasteiger partial charge on any atom is 0.261 e. The molecule has 0 amide bonds. The van der Waals surface area contributed by atoms with Crippen molar-refractivity contribution in [2.24, 2.45) is 0 Å². The zero-order valence-corrected chi connectivity index (χ0v) is 18.4. The summed E-state index contributed by atoms with van der Waals surface area (Å²) in [4.78, 5) is 0. The SMILES string of the molecule is CC(C)(C)[Si](OCCOCCOCCCl)(c1ccccc1)c1ccccc1. The highest BCUT2D eigenvalue weighted by Crippen LogP contribution is 2.36. The summed E-state index contributed by atoms with van der Waals surface area (Å²) in [6.45, 7) is 9.62. The van der Waals surface area contributed by atoms with Crippen LogP contribution >= 0.6 is 11.6 Å². The molecule has 0 bridgehead atoms. The molecule has 0 saturated heterocycles. The van der Waals surface area contributed by atoms with Gasteiger partial charge in [-0.25, -0.2) is 0 Å². The fraction of sp³-hybridized carbons (Fsp3) is 0.455. The van der Waals surface area contributed by atoms with Crippen molar-refractivity contribution < 1.29 is 13.9 Å². The third kappa shape index (κ3) is 5.90. The highest BCUT2D eigenvalue weighted by atomic mass is 35.5. The molecule has 2 aromatic rings. The van der Waals surface area contributed by atoms with Crippen LogP contribution in [-0.4, -0.2) is 47.2 Å². The molecule has 2 rings (SSSR count). The standard InChI is InChI=1S/C22H31ClO3Si/c1-22(2,3)27(20-10-6-4-7-11-20,21-12-8-5-9-13-21)26-19-18-25-17-16-24-15-14-23/h4-13H,14-19H2,1-3H3. The number of halogens is 1. The van der Waals surface area contributed by atoms with Gasteiger partial charge in [-0.3, -0.25) is 0 Å². The Morgan fingerprint density at radius 2 is 1.15 bits per heavy atom. The first-order chi connectivity index (χ1) is 13.0. The lowest BCUT2D eigenvalue weighted by Gasteiger charge is -2.43. The molecule has 0 spiro atoms. The Morgan fingerprint density at radius 3 is 1.59 bits per heavy atom. The van der Waals surface area contributed by atoms with E-state index in [9.17, 15) is 0 Å². The Kier molecular flexibility index (Phi) is 9.00. The van der Waals surface area contributed by atoms with Gasteiger partial charge in [-0.1, -0.05) is 81.4 Å². The van der Waals surface area contributed by atoms with Gasteiger partial charge in [0.2, 0.25) is 0 Å². The molecule has 0 aliphatic carbocycles. The van der Waals surface area contributed by atoms with Gasteiger partial charge in [0, 0.05) is 5.88 Å². The van der Waals surface area contributed by atoms with Crippen LogP contribution in [-0.2, 0) is 13.9 Å². The number of ether oxygens (including phenoxy) is 2. The maximum atomic E-state index is 6.75. The second-order valence-corrected chi connectivity index (χ2v) is 12.1. The van der Waals surface area contributed by atoms with Gasteiger partial charge in [0.15, 0.2) is 0 Å². The van der Waals surface area contributed by atoms with Crippen molar-refractivity contribution >= 4 is 30.3 Å². The van der Waals surface area contributed by atoms with E-state index in [0.29, 0.717) is 38.9 Å². The Balaban J connectivity index is 2.15. The molecule has 0 radical (unpaired) electrons. The van der Waals surface area contributed by atoms with Crippen LogP contribution in [0.3, 0.4) is 0 Å². The first-order valence-corrected chi connectivity index (χ1v) is 11.9. The van der Waals surface area contributed by atoms with Crippen LogP contribution in [0.25, 0.3) is 0 Å². The molecule has 0 unspecified atom stereocenters. The lowest BCUT2D eigenvalue weighted by atomic mass is 10.2. The van der Waals surface area contributed by atoms with E-state index in [1.807, 2.05) is 0 Å². The second-order valence-electron chi connectivity index (χ2n) is 7.43. The molecule has 2 aromatic carbocycles. The number of benzene rings is 2. The van der Waals surface area contributed by atoms with E-state index in [1.54, 1.807) is 0 Å². The maximum absolute atomic E-state index is 6.75. The van der Waals surface area contributed by atoms with Crippen molar-refractivity contribution in [3.63, 3.8) is 0 Å². The van der Waals surface area contributed by atoms with Crippen LogP contribution in [0.1, 0.15) is 20.8 Å². The lowest BCUT2D eigenvalue weighted by molar-refractivity contribution is 0.0397. The molecule has 0 aliphatic heterocycles. The van der Waals surface area contributed by atoms with Gasteiger partial charge in [-0.2, -0.15) is 0 Å². The van der Waals surface area contributed by atoms with E-state index >= 15 is 0 Å². The molecule has 0 aliphatic rings. The molecule has 0 saturated carbocycles. The van der Waals surface area contributed by atoms with Crippen LogP contribution in [0.4, 0.5) is 0 Å². The number of alkyl halides is 1. The highest BCUT2D eigenvalue weighted by molar-refractivity contribution is 6.99. The van der Waals surface area contributed by atoms with Crippen LogP contribution in [0, 0.1) is 0 Å². The minimum atomic E-state index is -2.46. The minimum Gasteiger partial charge on any atom is -0.405 e. The number of hydrogen-bond donors (Lipinski definition) is 0. The van der Waals surface area contributed by atoms with E-state index in [2.05, 4.69) is 81.4 Å². The minimum absolute atomic E-state index is 0.0147. The Bertz CT molecular complexity index is 604. The third-order valence-corrected chi connectivity index (χ3v) is 9.75. The summed E-state index contributed by atoms with van der Waals surface area (Å²) in [6.07, 6.45) is 0. The highest BCUT2D eigenvalue weighted by Gasteiger charge is 2.49. The number of hydrogen-bond acceptors (Lipinski definition) is 3. The summed E-state index contributed by atoms with van der Waals surface area (Å²) in [5.41, 5.74) is 0. The first-order valence-electron chi connectivity index (χ1n) is 9.49. The topological polar surface area (TPSA) is 27.7 Å². The van der Waals surface area contributed by atoms with Gasteiger partial charge < -0.3 is 13.9 Å². The monoisotopic (exact) mass is 406 g/mol. The van der Waals surface area contributed by atoms with Gasteiger partial charge in [0.25, 0.3) is 8.32 Å². The van der Waals surface area contributed by atoms with Gasteiger partial charge in [0.1, 0.15) is 0 Å². The molecule has 3 nitrogen and oxygen atoms in total. The zero-order chi connectivity index (χ0) is 19.6. The first kappa shape index (κ1) is 22.1. The van der Waals surface area contributed by atoms with Gasteiger partial charge >= 0.3 is 0 Å². The van der Waals surface area contributed by atoms with Crippen LogP contribution < -0.4 is 10.4 Å². The van der Waals surface area contributed by atoms with Crippen molar-refractivity contribution in [2.45, 2.75) is 25.8 Å². The molecule has 0 fully saturated rings. The van der Waals surface area contributed by atoms with E-state index in [-0.39, 0.29) is 5.04 Å². The fourth-order valence-electron chi connectivity index (χ4n) is 3.39. The lowest BCUT2D eigenvalue weighted by Crippen LogP contribution is -2.66. The van der Waals surface area contributed by atoms with Crippen molar-refractivity contribution in [3.05, 3.63) is 60.7 Å². The fourth-order valence-corrected chi connectivity index (χ4v) is 8.05. The summed E-state index contributed by atoms with van der Waals surface area (Å²) < 4.78 is 17.8. The third-order valence-electron chi connectivity index (χ3n) is 4.56. The summed E-state index contributed by atoms with van der Waals surface area (Å²) in [7, 11) is -2.46. The predicted molar refractivity (Wildman–Crippen MR) is 116 cm³/mol. The average Bonchev–Trinajstić information content (AvgIpc) is 2.67. The molecule has 0 N–H and O–H groups in total. The van der Waals surface area contributed by atoms with Crippen molar-refractivity contribution in [1.82, 2.24) is 0 Å². The molecular weight excluding hydrogens is 376 g/mol. The normalized spacial score (nSPS) is 12.3. The summed E-state index contributed by atoms with van der Waals surface area (Å²) in [5.74, 6) is 0.511. The van der Waals surface area contributed by atoms with E-state index < -0.39 is 8.32 Å². The Hall–Kier alpha value is -1.17. The molecule has 27 heavy (non-hydrogen) atoms. The largest absolute Gasteiger partial charge is 0.405 e. The molecular formula is C22H31ClO3Si. The van der Waals surface area contributed by atoms with Crippen LogP contribution in [0.5, 0.6) is 0 Å². The van der Waals surface area contributed by atoms with Crippen molar-refractivity contribution in [2.75, 3.05) is 38.9 Å². The van der Waals surface area contributed by atoms with Crippen LogP contribution in [0.15, 0.2) is 60.7 Å². The molecule has 5 heteroatoms. The average molecular weight is 407 g/mol. The number of rotatable bonds is 11. The Labute approximate surface area is 169 Å². The van der Waals surface area contributed by atoms with Crippen LogP contribution in [0.2, 0.25) is 5.04 Å². The summed E-state index contributed by atoms with van der Waals surface area (Å²) in [5, 5.41) is 2.56. The zero-order valence-electron chi connectivity index (χ0n) is 16.6. The Morgan fingerprint density at radius 1 is 0.704 bits per heavy atom. The van der Waals surface area contributed by atoms with E-state index in [1.165, 1.54) is 10.4 Å². The summed E-state index contributed by atoms with van der Waals surface area (Å²) >= 11 is 5.59. The predicted octanol–water partition coefficient (Wildman–Crippen LogP) is 3.84. The molecule has 0 aromatic heterocycles. The smallest absolute Gasteiger partial charge is 0.261 e. The van der Waals surface area contributed by atoms with Gasteiger partial charge in [0.05, 0.1) is 33.0 Å². The summed E-state index contributed by atoms with van der Waals surface area (Å²) in [6, 6.07) is 21.3. The van der Waals surface area contributed by atoms with Crippen molar-refractivity contribution in [3.8, 4) is 0 Å². The van der Waals surface area contributed by atoms with E-state index in [4.69, 9.17) is 25.5 Å². The van der Waals surface area contributed by atoms with Crippen molar-refractivity contribution in [1.29, 1.82) is 0 Å². The van der Waals surface area contributed by atoms with Gasteiger partial charge in [-0.15, -0.1) is 11.6 Å². The molecule has 0 atom stereocenters. The van der Waals surface area contributed by atoms with E-state index in [0.717, 1.165) is 0 Å². The molecule has 0 heterocycles. The van der Waals surface area contributed by atoms with Gasteiger partial charge in [-0.05, 0) is 15.4 Å². The second kappa shape index (κ2) is 11.0. The molecule has 148 valence electrons.